The number of amides is 1. The Kier molecular flexibility index (Phi) is 5.71. The number of hydrogen-bond acceptors (Lipinski definition) is 3. The largest absolute Gasteiger partial charge is 0.492 e. The highest BCUT2D eigenvalue weighted by Gasteiger charge is 2.21. The van der Waals surface area contributed by atoms with Crippen molar-refractivity contribution in [1.29, 1.82) is 0 Å². The van der Waals surface area contributed by atoms with Crippen molar-refractivity contribution in [3.8, 4) is 5.75 Å². The predicted molar refractivity (Wildman–Crippen MR) is 99.7 cm³/mol. The van der Waals surface area contributed by atoms with E-state index in [0.29, 0.717) is 13.2 Å². The number of likely N-dealkylation sites (N-methyl/N-ethyl adjacent to an activating group) is 1. The number of nitrogens with zero attached hydrogens (tertiary/aromatic N) is 2. The van der Waals surface area contributed by atoms with Crippen LogP contribution in [0.25, 0.3) is 0 Å². The molecule has 2 aromatic carbocycles. The summed E-state index contributed by atoms with van der Waals surface area (Å²) in [6.45, 7) is 5.33. The summed E-state index contributed by atoms with van der Waals surface area (Å²) in [6, 6.07) is 16.4. The van der Waals surface area contributed by atoms with E-state index in [4.69, 9.17) is 4.74 Å². The van der Waals surface area contributed by atoms with Crippen molar-refractivity contribution in [2.75, 3.05) is 33.3 Å². The second-order valence-electron chi connectivity index (χ2n) is 6.73. The van der Waals surface area contributed by atoms with Crippen molar-refractivity contribution in [1.82, 2.24) is 9.80 Å². The molecule has 0 atom stereocenters. The molecule has 3 rings (SSSR count). The van der Waals surface area contributed by atoms with Gasteiger partial charge in [-0.25, -0.2) is 0 Å². The minimum Gasteiger partial charge on any atom is -0.492 e. The summed E-state index contributed by atoms with van der Waals surface area (Å²) < 4.78 is 5.74. The van der Waals surface area contributed by atoms with Crippen molar-refractivity contribution >= 4 is 5.91 Å². The number of benzene rings is 2. The van der Waals surface area contributed by atoms with E-state index in [1.807, 2.05) is 47.2 Å². The van der Waals surface area contributed by atoms with Gasteiger partial charge >= 0.3 is 0 Å². The summed E-state index contributed by atoms with van der Waals surface area (Å²) in [4.78, 5) is 16.5. The summed E-state index contributed by atoms with van der Waals surface area (Å²) in [6.07, 6.45) is 0.947. The number of rotatable bonds is 6. The summed E-state index contributed by atoms with van der Waals surface area (Å²) in [5.74, 6) is 1.06. The molecule has 2 aromatic rings. The van der Waals surface area contributed by atoms with Crippen LogP contribution in [0.5, 0.6) is 5.75 Å². The molecule has 0 aliphatic carbocycles. The Morgan fingerprint density at radius 1 is 1.12 bits per heavy atom. The van der Waals surface area contributed by atoms with Crippen molar-refractivity contribution in [3.63, 3.8) is 0 Å². The number of carbonyl (C=O) groups excluding carboxylic acids is 1. The highest BCUT2D eigenvalue weighted by Crippen LogP contribution is 2.18. The second-order valence-corrected chi connectivity index (χ2v) is 6.73. The SMILES string of the molecule is Cc1ccc(OCCN(C)CC(=O)N2CCc3ccccc3C2)cc1. The molecule has 4 heteroatoms. The molecule has 0 aromatic heterocycles. The fourth-order valence-corrected chi connectivity index (χ4v) is 3.07. The minimum absolute atomic E-state index is 0.187. The van der Waals surface area contributed by atoms with Crippen LogP contribution in [-0.2, 0) is 17.8 Å². The van der Waals surface area contributed by atoms with Gasteiger partial charge in [-0.1, -0.05) is 42.0 Å². The van der Waals surface area contributed by atoms with Crippen LogP contribution < -0.4 is 4.74 Å². The minimum atomic E-state index is 0.187. The highest BCUT2D eigenvalue weighted by atomic mass is 16.5. The Morgan fingerprint density at radius 2 is 1.84 bits per heavy atom. The molecule has 0 saturated carbocycles. The predicted octanol–water partition coefficient (Wildman–Crippen LogP) is 2.89. The molecule has 0 saturated heterocycles. The molecule has 1 aliphatic rings. The average Bonchev–Trinajstić information content (AvgIpc) is 2.63. The molecule has 0 fully saturated rings. The Hall–Kier alpha value is -2.33. The van der Waals surface area contributed by atoms with E-state index < -0.39 is 0 Å². The zero-order valence-electron chi connectivity index (χ0n) is 15.1. The molecule has 0 unspecified atom stereocenters. The van der Waals surface area contributed by atoms with E-state index in [2.05, 4.69) is 25.1 Å². The Balaban J connectivity index is 1.42. The van der Waals surface area contributed by atoms with Crippen LogP contribution in [0.1, 0.15) is 16.7 Å². The number of carbonyl (C=O) groups is 1. The van der Waals surface area contributed by atoms with Crippen LogP contribution in [0, 0.1) is 6.92 Å². The standard InChI is InChI=1S/C21H26N2O2/c1-17-7-9-20(10-8-17)25-14-13-22(2)16-21(24)23-12-11-18-5-3-4-6-19(18)15-23/h3-10H,11-16H2,1-2H3. The zero-order valence-corrected chi connectivity index (χ0v) is 15.1. The van der Waals surface area contributed by atoms with Crippen molar-refractivity contribution in [2.45, 2.75) is 19.9 Å². The Morgan fingerprint density at radius 3 is 2.60 bits per heavy atom. The molecule has 0 radical (unpaired) electrons. The molecular weight excluding hydrogens is 312 g/mol. The summed E-state index contributed by atoms with van der Waals surface area (Å²) in [7, 11) is 1.97. The quantitative estimate of drug-likeness (QED) is 0.812. The van der Waals surface area contributed by atoms with E-state index >= 15 is 0 Å². The van der Waals surface area contributed by atoms with E-state index in [9.17, 15) is 4.79 Å². The van der Waals surface area contributed by atoms with Gasteiger partial charge in [0.05, 0.1) is 6.54 Å². The van der Waals surface area contributed by atoms with Crippen LogP contribution >= 0.6 is 0 Å². The summed E-state index contributed by atoms with van der Waals surface area (Å²) in [5, 5.41) is 0. The van der Waals surface area contributed by atoms with Crippen molar-refractivity contribution < 1.29 is 9.53 Å². The molecule has 1 amide bonds. The maximum Gasteiger partial charge on any atom is 0.237 e. The van der Waals surface area contributed by atoms with Crippen LogP contribution in [-0.4, -0.2) is 49.0 Å². The lowest BCUT2D eigenvalue weighted by Crippen LogP contribution is -2.42. The maximum absolute atomic E-state index is 12.5. The van der Waals surface area contributed by atoms with Crippen LogP contribution in [0.3, 0.4) is 0 Å². The molecular formula is C21H26N2O2. The van der Waals surface area contributed by atoms with Gasteiger partial charge in [0.15, 0.2) is 0 Å². The van der Waals surface area contributed by atoms with E-state index in [0.717, 1.165) is 31.8 Å². The molecule has 0 spiro atoms. The smallest absolute Gasteiger partial charge is 0.237 e. The third-order valence-corrected chi connectivity index (χ3v) is 4.65. The molecule has 1 aliphatic heterocycles. The van der Waals surface area contributed by atoms with Gasteiger partial charge in [-0.2, -0.15) is 0 Å². The Bertz CT molecular complexity index is 712. The maximum atomic E-state index is 12.5. The lowest BCUT2D eigenvalue weighted by Gasteiger charge is -2.30. The molecule has 25 heavy (non-hydrogen) atoms. The second kappa shape index (κ2) is 8.17. The average molecular weight is 338 g/mol. The number of aryl methyl sites for hydroxylation is 1. The first-order chi connectivity index (χ1) is 12.1. The third-order valence-electron chi connectivity index (χ3n) is 4.65. The first kappa shape index (κ1) is 17.5. The molecule has 0 bridgehead atoms. The summed E-state index contributed by atoms with van der Waals surface area (Å²) in [5.41, 5.74) is 3.86. The van der Waals surface area contributed by atoms with Gasteiger partial charge < -0.3 is 9.64 Å². The van der Waals surface area contributed by atoms with E-state index in [1.54, 1.807) is 0 Å². The molecule has 4 nitrogen and oxygen atoms in total. The lowest BCUT2D eigenvalue weighted by atomic mass is 10.00. The topological polar surface area (TPSA) is 32.8 Å². The molecule has 1 heterocycles. The normalized spacial score (nSPS) is 13.6. The summed E-state index contributed by atoms with van der Waals surface area (Å²) >= 11 is 0. The van der Waals surface area contributed by atoms with Crippen LogP contribution in [0.2, 0.25) is 0 Å². The van der Waals surface area contributed by atoms with Gasteiger partial charge in [-0.15, -0.1) is 0 Å². The number of ether oxygens (including phenoxy) is 1. The first-order valence-corrected chi connectivity index (χ1v) is 8.84. The van der Waals surface area contributed by atoms with Gasteiger partial charge in [0.25, 0.3) is 0 Å². The third kappa shape index (κ3) is 4.83. The van der Waals surface area contributed by atoms with Gasteiger partial charge in [0, 0.05) is 19.6 Å². The Labute approximate surface area is 150 Å². The van der Waals surface area contributed by atoms with Crippen LogP contribution in [0.15, 0.2) is 48.5 Å². The van der Waals surface area contributed by atoms with Gasteiger partial charge in [0.2, 0.25) is 5.91 Å². The number of fused-ring (bicyclic) bond motifs is 1. The van der Waals surface area contributed by atoms with E-state index in [-0.39, 0.29) is 5.91 Å². The molecule has 0 N–H and O–H groups in total. The van der Waals surface area contributed by atoms with Gasteiger partial charge in [0.1, 0.15) is 12.4 Å². The zero-order chi connectivity index (χ0) is 17.6. The van der Waals surface area contributed by atoms with Gasteiger partial charge in [-0.3, -0.25) is 9.69 Å². The van der Waals surface area contributed by atoms with E-state index in [1.165, 1.54) is 16.7 Å². The monoisotopic (exact) mass is 338 g/mol. The van der Waals surface area contributed by atoms with Crippen LogP contribution in [0.4, 0.5) is 0 Å². The number of hydrogen-bond donors (Lipinski definition) is 0. The lowest BCUT2D eigenvalue weighted by molar-refractivity contribution is -0.133. The van der Waals surface area contributed by atoms with Gasteiger partial charge in [-0.05, 0) is 43.7 Å². The fourth-order valence-electron chi connectivity index (χ4n) is 3.07. The highest BCUT2D eigenvalue weighted by molar-refractivity contribution is 5.78. The van der Waals surface area contributed by atoms with Crippen molar-refractivity contribution in [2.24, 2.45) is 0 Å². The fraction of sp³-hybridized carbons (Fsp3) is 0.381. The van der Waals surface area contributed by atoms with Crippen molar-refractivity contribution in [3.05, 3.63) is 65.2 Å². The first-order valence-electron chi connectivity index (χ1n) is 8.84. The molecule has 132 valence electrons.